The topological polar surface area (TPSA) is 75.4 Å². The Kier molecular flexibility index (Phi) is 5.85. The number of rotatable bonds is 7. The molecule has 5 nitrogen and oxygen atoms in total. The molecule has 20 heavy (non-hydrogen) atoms. The van der Waals surface area contributed by atoms with Gasteiger partial charge in [0.2, 0.25) is 10.0 Å². The summed E-state index contributed by atoms with van der Waals surface area (Å²) in [6, 6.07) is 1.56. The third kappa shape index (κ3) is 4.12. The average molecular weight is 307 g/mol. The number of halogens is 2. The van der Waals surface area contributed by atoms with Crippen LogP contribution in [-0.4, -0.2) is 39.5 Å². The predicted molar refractivity (Wildman–Crippen MR) is 73.7 cm³/mol. The van der Waals surface area contributed by atoms with Gasteiger partial charge in [0, 0.05) is 18.8 Å². The Labute approximate surface area is 117 Å². The van der Waals surface area contributed by atoms with Gasteiger partial charge in [0.05, 0.1) is 0 Å². The summed E-state index contributed by atoms with van der Waals surface area (Å²) in [6.07, 6.45) is 0. The Morgan fingerprint density at radius 3 is 2.15 bits per heavy atom. The molecule has 0 aliphatic carbocycles. The second kappa shape index (κ2) is 6.96. The van der Waals surface area contributed by atoms with Crippen LogP contribution < -0.4 is 10.5 Å². The van der Waals surface area contributed by atoms with Crippen molar-refractivity contribution >= 4 is 15.7 Å². The van der Waals surface area contributed by atoms with E-state index in [9.17, 15) is 17.2 Å². The Bertz CT molecular complexity index is 537. The number of nitrogen functional groups attached to an aromatic ring is 1. The number of nitrogens with two attached hydrogens (primary N) is 1. The highest BCUT2D eigenvalue weighted by atomic mass is 32.2. The van der Waals surface area contributed by atoms with Crippen LogP contribution in [0.15, 0.2) is 17.0 Å². The molecule has 0 amide bonds. The van der Waals surface area contributed by atoms with E-state index in [1.54, 1.807) is 0 Å². The van der Waals surface area contributed by atoms with Crippen LogP contribution >= 0.6 is 0 Å². The fourth-order valence-electron chi connectivity index (χ4n) is 1.79. The number of benzene rings is 1. The highest BCUT2D eigenvalue weighted by Gasteiger charge is 2.24. The fourth-order valence-corrected chi connectivity index (χ4v) is 2.92. The first-order chi connectivity index (χ1) is 9.31. The largest absolute Gasteiger partial charge is 0.399 e. The molecule has 0 aliphatic rings. The van der Waals surface area contributed by atoms with Crippen LogP contribution in [0.5, 0.6) is 0 Å². The molecule has 0 fully saturated rings. The maximum Gasteiger partial charge on any atom is 0.246 e. The third-order valence-corrected chi connectivity index (χ3v) is 4.42. The molecule has 0 atom stereocenters. The molecule has 0 bridgehead atoms. The minimum absolute atomic E-state index is 0.0767. The van der Waals surface area contributed by atoms with Crippen molar-refractivity contribution in [1.82, 2.24) is 9.62 Å². The number of nitrogens with zero attached hydrogens (tertiary/aromatic N) is 1. The first-order valence-corrected chi connectivity index (χ1v) is 7.76. The zero-order chi connectivity index (χ0) is 15.3. The molecule has 0 spiro atoms. The standard InChI is InChI=1S/C12H19F2N3O2S/c1-3-17(4-2)6-5-16-20(18,19)12-10(13)7-9(15)8-11(12)14/h7-8,16H,3-6,15H2,1-2H3. The van der Waals surface area contributed by atoms with Gasteiger partial charge in [-0.2, -0.15) is 0 Å². The molecule has 8 heteroatoms. The van der Waals surface area contributed by atoms with Gasteiger partial charge < -0.3 is 10.6 Å². The second-order valence-corrected chi connectivity index (χ2v) is 5.94. The normalized spacial score (nSPS) is 12.1. The number of likely N-dealkylation sites (N-methyl/N-ethyl adjacent to an activating group) is 1. The van der Waals surface area contributed by atoms with Gasteiger partial charge in [-0.3, -0.25) is 0 Å². The Morgan fingerprint density at radius 1 is 1.20 bits per heavy atom. The molecule has 1 aromatic rings. The number of sulfonamides is 1. The molecule has 0 aliphatic heterocycles. The first-order valence-electron chi connectivity index (χ1n) is 6.28. The average Bonchev–Trinajstić information content (AvgIpc) is 2.32. The highest BCUT2D eigenvalue weighted by molar-refractivity contribution is 7.89. The smallest absolute Gasteiger partial charge is 0.246 e. The minimum atomic E-state index is -4.23. The number of nitrogens with one attached hydrogen (secondary N) is 1. The zero-order valence-electron chi connectivity index (χ0n) is 11.5. The molecule has 0 saturated carbocycles. The third-order valence-electron chi connectivity index (χ3n) is 2.90. The predicted octanol–water partition coefficient (Wildman–Crippen LogP) is 1.17. The lowest BCUT2D eigenvalue weighted by atomic mass is 10.3. The van der Waals surface area contributed by atoms with Crippen LogP contribution in [0.4, 0.5) is 14.5 Å². The van der Waals surface area contributed by atoms with Gasteiger partial charge in [-0.1, -0.05) is 13.8 Å². The lowest BCUT2D eigenvalue weighted by Gasteiger charge is -2.18. The molecule has 0 unspecified atom stereocenters. The van der Waals surface area contributed by atoms with Crippen LogP contribution in [-0.2, 0) is 10.0 Å². The van der Waals surface area contributed by atoms with Crippen molar-refractivity contribution in [3.8, 4) is 0 Å². The lowest BCUT2D eigenvalue weighted by Crippen LogP contribution is -2.35. The van der Waals surface area contributed by atoms with Gasteiger partial charge in [-0.05, 0) is 25.2 Å². The number of hydrogen-bond acceptors (Lipinski definition) is 4. The monoisotopic (exact) mass is 307 g/mol. The van der Waals surface area contributed by atoms with E-state index in [0.717, 1.165) is 25.2 Å². The summed E-state index contributed by atoms with van der Waals surface area (Å²) in [5.41, 5.74) is 5.08. The van der Waals surface area contributed by atoms with E-state index in [0.29, 0.717) is 6.54 Å². The van der Waals surface area contributed by atoms with Crippen LogP contribution in [0, 0.1) is 11.6 Å². The van der Waals surface area contributed by atoms with Crippen molar-refractivity contribution in [2.45, 2.75) is 18.7 Å². The van der Waals surface area contributed by atoms with Crippen molar-refractivity contribution in [2.75, 3.05) is 31.9 Å². The quantitative estimate of drug-likeness (QED) is 0.742. The minimum Gasteiger partial charge on any atom is -0.399 e. The molecule has 0 heterocycles. The molecule has 0 aromatic heterocycles. The van der Waals surface area contributed by atoms with E-state index >= 15 is 0 Å². The molecule has 1 aromatic carbocycles. The summed E-state index contributed by atoms with van der Waals surface area (Å²) in [6.45, 7) is 5.96. The molecular formula is C12H19F2N3O2S. The van der Waals surface area contributed by atoms with E-state index in [1.165, 1.54) is 0 Å². The van der Waals surface area contributed by atoms with E-state index in [-0.39, 0.29) is 12.2 Å². The SMILES string of the molecule is CCN(CC)CCNS(=O)(=O)c1c(F)cc(N)cc1F. The summed E-state index contributed by atoms with van der Waals surface area (Å²) in [5.74, 6) is -2.39. The number of anilines is 1. The van der Waals surface area contributed by atoms with Crippen LogP contribution in [0.3, 0.4) is 0 Å². The Hall–Kier alpha value is -1.25. The Balaban J connectivity index is 2.85. The second-order valence-electron chi connectivity index (χ2n) is 4.24. The van der Waals surface area contributed by atoms with E-state index < -0.39 is 26.6 Å². The maximum atomic E-state index is 13.6. The van der Waals surface area contributed by atoms with Gasteiger partial charge in [-0.25, -0.2) is 21.9 Å². The van der Waals surface area contributed by atoms with E-state index in [1.807, 2.05) is 18.7 Å². The molecule has 0 saturated heterocycles. The van der Waals surface area contributed by atoms with Crippen LogP contribution in [0.2, 0.25) is 0 Å². The maximum absolute atomic E-state index is 13.6. The summed E-state index contributed by atoms with van der Waals surface area (Å²) < 4.78 is 53.1. The summed E-state index contributed by atoms with van der Waals surface area (Å²) in [4.78, 5) is 0.990. The van der Waals surface area contributed by atoms with Gasteiger partial charge in [0.1, 0.15) is 11.6 Å². The summed E-state index contributed by atoms with van der Waals surface area (Å²) >= 11 is 0. The fraction of sp³-hybridized carbons (Fsp3) is 0.500. The summed E-state index contributed by atoms with van der Waals surface area (Å²) in [7, 11) is -4.23. The van der Waals surface area contributed by atoms with Gasteiger partial charge >= 0.3 is 0 Å². The lowest BCUT2D eigenvalue weighted by molar-refractivity contribution is 0.308. The van der Waals surface area contributed by atoms with Crippen molar-refractivity contribution in [1.29, 1.82) is 0 Å². The molecule has 0 radical (unpaired) electrons. The van der Waals surface area contributed by atoms with Crippen LogP contribution in [0.1, 0.15) is 13.8 Å². The molecule has 1 rings (SSSR count). The highest BCUT2D eigenvalue weighted by Crippen LogP contribution is 2.21. The first kappa shape index (κ1) is 16.8. The van der Waals surface area contributed by atoms with Crippen molar-refractivity contribution in [3.63, 3.8) is 0 Å². The van der Waals surface area contributed by atoms with Gasteiger partial charge in [0.25, 0.3) is 0 Å². The van der Waals surface area contributed by atoms with Crippen LogP contribution in [0.25, 0.3) is 0 Å². The molecular weight excluding hydrogens is 288 g/mol. The summed E-state index contributed by atoms with van der Waals surface area (Å²) in [5, 5.41) is 0. The van der Waals surface area contributed by atoms with Gasteiger partial charge in [-0.15, -0.1) is 0 Å². The van der Waals surface area contributed by atoms with Crippen molar-refractivity contribution in [3.05, 3.63) is 23.8 Å². The van der Waals surface area contributed by atoms with Gasteiger partial charge in [0.15, 0.2) is 4.90 Å². The zero-order valence-corrected chi connectivity index (χ0v) is 12.3. The van der Waals surface area contributed by atoms with E-state index in [4.69, 9.17) is 5.73 Å². The van der Waals surface area contributed by atoms with Crippen molar-refractivity contribution < 1.29 is 17.2 Å². The number of hydrogen-bond donors (Lipinski definition) is 2. The van der Waals surface area contributed by atoms with E-state index in [2.05, 4.69) is 4.72 Å². The molecule has 3 N–H and O–H groups in total. The molecule has 114 valence electrons. The Morgan fingerprint density at radius 2 is 1.70 bits per heavy atom. The van der Waals surface area contributed by atoms with Crippen molar-refractivity contribution in [2.24, 2.45) is 0 Å².